The molecule has 134 valence electrons. The number of sulfonamides is 1. The fourth-order valence-corrected chi connectivity index (χ4v) is 4.00. The van der Waals surface area contributed by atoms with Gasteiger partial charge in [0, 0.05) is 24.7 Å². The first-order valence-corrected chi connectivity index (χ1v) is 10.2. The van der Waals surface area contributed by atoms with E-state index in [9.17, 15) is 13.2 Å². The highest BCUT2D eigenvalue weighted by molar-refractivity contribution is 7.88. The SMILES string of the molecule is CC(NC(=O)CN1CCCN(S(C)(=O)=O)CC1)c1ccccc1Cl. The van der Waals surface area contributed by atoms with Crippen LogP contribution in [0.1, 0.15) is 24.9 Å². The minimum Gasteiger partial charge on any atom is -0.348 e. The second-order valence-corrected chi connectivity index (χ2v) is 8.49. The smallest absolute Gasteiger partial charge is 0.234 e. The Morgan fingerprint density at radius 3 is 2.62 bits per heavy atom. The first-order valence-electron chi connectivity index (χ1n) is 7.98. The standard InChI is InChI=1S/C16H24ClN3O3S/c1-13(14-6-3-4-7-15(14)17)18-16(21)12-19-8-5-9-20(11-10-19)24(2,22)23/h3-4,6-7,13H,5,8-12H2,1-2H3,(H,18,21). The van der Waals surface area contributed by atoms with Gasteiger partial charge in [-0.25, -0.2) is 12.7 Å². The molecule has 0 spiro atoms. The lowest BCUT2D eigenvalue weighted by molar-refractivity contribution is -0.122. The van der Waals surface area contributed by atoms with Crippen LogP contribution in [-0.4, -0.2) is 62.5 Å². The van der Waals surface area contributed by atoms with Gasteiger partial charge in [0.25, 0.3) is 0 Å². The minimum absolute atomic E-state index is 0.0878. The number of benzene rings is 1. The molecule has 0 aromatic heterocycles. The molecule has 0 saturated carbocycles. The Balaban J connectivity index is 1.87. The molecule has 0 radical (unpaired) electrons. The van der Waals surface area contributed by atoms with Crippen molar-refractivity contribution in [2.45, 2.75) is 19.4 Å². The first-order chi connectivity index (χ1) is 11.3. The van der Waals surface area contributed by atoms with Gasteiger partial charge >= 0.3 is 0 Å². The quantitative estimate of drug-likeness (QED) is 0.848. The van der Waals surface area contributed by atoms with Crippen molar-refractivity contribution in [3.05, 3.63) is 34.9 Å². The number of halogens is 1. The average molecular weight is 374 g/mol. The summed E-state index contributed by atoms with van der Waals surface area (Å²) in [6.45, 7) is 4.35. The van der Waals surface area contributed by atoms with Crippen LogP contribution in [0.2, 0.25) is 5.02 Å². The third-order valence-corrected chi connectivity index (χ3v) is 5.78. The molecule has 8 heteroatoms. The van der Waals surface area contributed by atoms with Crippen LogP contribution in [0.4, 0.5) is 0 Å². The number of hydrogen-bond acceptors (Lipinski definition) is 4. The summed E-state index contributed by atoms with van der Waals surface area (Å²) in [4.78, 5) is 14.3. The highest BCUT2D eigenvalue weighted by atomic mass is 35.5. The van der Waals surface area contributed by atoms with Crippen LogP contribution in [0.5, 0.6) is 0 Å². The van der Waals surface area contributed by atoms with E-state index in [1.54, 1.807) is 6.07 Å². The van der Waals surface area contributed by atoms with Gasteiger partial charge in [0.05, 0.1) is 18.8 Å². The molecule has 1 aliphatic rings. The van der Waals surface area contributed by atoms with Crippen LogP contribution < -0.4 is 5.32 Å². The maximum atomic E-state index is 12.3. The van der Waals surface area contributed by atoms with E-state index in [0.717, 1.165) is 12.0 Å². The van der Waals surface area contributed by atoms with E-state index in [0.29, 0.717) is 31.2 Å². The largest absolute Gasteiger partial charge is 0.348 e. The molecular formula is C16H24ClN3O3S. The van der Waals surface area contributed by atoms with Crippen LogP contribution in [0.3, 0.4) is 0 Å². The van der Waals surface area contributed by atoms with Crippen LogP contribution >= 0.6 is 11.6 Å². The van der Waals surface area contributed by atoms with Gasteiger partial charge in [-0.2, -0.15) is 0 Å². The van der Waals surface area contributed by atoms with Crippen LogP contribution in [0.15, 0.2) is 24.3 Å². The van der Waals surface area contributed by atoms with Crippen molar-refractivity contribution in [3.63, 3.8) is 0 Å². The van der Waals surface area contributed by atoms with Crippen LogP contribution in [-0.2, 0) is 14.8 Å². The topological polar surface area (TPSA) is 69.7 Å². The average Bonchev–Trinajstić information content (AvgIpc) is 2.72. The van der Waals surface area contributed by atoms with Crippen molar-refractivity contribution in [1.29, 1.82) is 0 Å². The Labute approximate surface area is 148 Å². The number of rotatable bonds is 5. The molecule has 1 aromatic rings. The molecule has 24 heavy (non-hydrogen) atoms. The van der Waals surface area contributed by atoms with E-state index in [2.05, 4.69) is 5.32 Å². The first kappa shape index (κ1) is 19.2. The van der Waals surface area contributed by atoms with E-state index in [4.69, 9.17) is 11.6 Å². The summed E-state index contributed by atoms with van der Waals surface area (Å²) >= 11 is 6.15. The summed E-state index contributed by atoms with van der Waals surface area (Å²) in [6, 6.07) is 7.26. The molecule has 1 atom stereocenters. The number of carbonyl (C=O) groups is 1. The molecule has 0 aliphatic carbocycles. The predicted molar refractivity (Wildman–Crippen MR) is 95.5 cm³/mol. The maximum absolute atomic E-state index is 12.3. The molecule has 1 unspecified atom stereocenters. The zero-order valence-electron chi connectivity index (χ0n) is 14.0. The molecule has 1 N–H and O–H groups in total. The van der Waals surface area contributed by atoms with E-state index < -0.39 is 10.0 Å². The second-order valence-electron chi connectivity index (χ2n) is 6.10. The molecule has 1 aliphatic heterocycles. The number of hydrogen-bond donors (Lipinski definition) is 1. The Hall–Kier alpha value is -1.15. The van der Waals surface area contributed by atoms with Gasteiger partial charge in [0.1, 0.15) is 0 Å². The molecule has 1 saturated heterocycles. The molecule has 6 nitrogen and oxygen atoms in total. The summed E-state index contributed by atoms with van der Waals surface area (Å²) in [5.41, 5.74) is 0.881. The summed E-state index contributed by atoms with van der Waals surface area (Å²) in [5, 5.41) is 3.58. The van der Waals surface area contributed by atoms with Gasteiger partial charge in [0.2, 0.25) is 15.9 Å². The molecule has 0 bridgehead atoms. The Bertz CT molecular complexity index is 681. The van der Waals surface area contributed by atoms with E-state index in [1.807, 2.05) is 30.0 Å². The monoisotopic (exact) mass is 373 g/mol. The van der Waals surface area contributed by atoms with Crippen molar-refractivity contribution < 1.29 is 13.2 Å². The van der Waals surface area contributed by atoms with Gasteiger partial charge in [-0.3, -0.25) is 9.69 Å². The van der Waals surface area contributed by atoms with Crippen molar-refractivity contribution in [1.82, 2.24) is 14.5 Å². The van der Waals surface area contributed by atoms with Crippen molar-refractivity contribution in [3.8, 4) is 0 Å². The zero-order valence-corrected chi connectivity index (χ0v) is 15.6. The fraction of sp³-hybridized carbons (Fsp3) is 0.562. The third kappa shape index (κ3) is 5.44. The van der Waals surface area contributed by atoms with E-state index in [1.165, 1.54) is 10.6 Å². The van der Waals surface area contributed by atoms with Gasteiger partial charge in [-0.15, -0.1) is 0 Å². The van der Waals surface area contributed by atoms with Crippen molar-refractivity contribution in [2.24, 2.45) is 0 Å². The predicted octanol–water partition coefficient (Wildman–Crippen LogP) is 1.48. The van der Waals surface area contributed by atoms with Crippen LogP contribution in [0.25, 0.3) is 0 Å². The second kappa shape index (κ2) is 8.29. The van der Waals surface area contributed by atoms with Crippen molar-refractivity contribution >= 4 is 27.5 Å². The Morgan fingerprint density at radius 1 is 1.25 bits per heavy atom. The molecular weight excluding hydrogens is 350 g/mol. The lowest BCUT2D eigenvalue weighted by Crippen LogP contribution is -2.40. The van der Waals surface area contributed by atoms with Gasteiger partial charge < -0.3 is 5.32 Å². The van der Waals surface area contributed by atoms with E-state index in [-0.39, 0.29) is 18.5 Å². The van der Waals surface area contributed by atoms with E-state index >= 15 is 0 Å². The summed E-state index contributed by atoms with van der Waals surface area (Å²) in [5.74, 6) is -0.0878. The number of carbonyl (C=O) groups excluding carboxylic acids is 1. The zero-order chi connectivity index (χ0) is 17.7. The minimum atomic E-state index is -3.17. The highest BCUT2D eigenvalue weighted by Gasteiger charge is 2.22. The highest BCUT2D eigenvalue weighted by Crippen LogP contribution is 2.22. The van der Waals surface area contributed by atoms with Gasteiger partial charge in [0.15, 0.2) is 0 Å². The molecule has 1 amide bonds. The normalized spacial score (nSPS) is 18.8. The summed E-state index contributed by atoms with van der Waals surface area (Å²) in [6.07, 6.45) is 1.95. The van der Waals surface area contributed by atoms with Crippen LogP contribution in [0, 0.1) is 0 Å². The van der Waals surface area contributed by atoms with Gasteiger partial charge in [-0.1, -0.05) is 29.8 Å². The Morgan fingerprint density at radius 2 is 1.96 bits per heavy atom. The summed E-state index contributed by atoms with van der Waals surface area (Å²) in [7, 11) is -3.17. The number of nitrogens with one attached hydrogen (secondary N) is 1. The maximum Gasteiger partial charge on any atom is 0.234 e. The molecule has 2 rings (SSSR count). The van der Waals surface area contributed by atoms with Crippen molar-refractivity contribution in [2.75, 3.05) is 39.0 Å². The summed E-state index contributed by atoms with van der Waals surface area (Å²) < 4.78 is 24.7. The van der Waals surface area contributed by atoms with Gasteiger partial charge in [-0.05, 0) is 31.5 Å². The fourth-order valence-electron chi connectivity index (χ4n) is 2.83. The number of amides is 1. The number of nitrogens with zero attached hydrogens (tertiary/aromatic N) is 2. The third-order valence-electron chi connectivity index (χ3n) is 4.13. The molecule has 1 fully saturated rings. The molecule has 1 heterocycles. The molecule has 1 aromatic carbocycles. The lowest BCUT2D eigenvalue weighted by atomic mass is 10.1. The lowest BCUT2D eigenvalue weighted by Gasteiger charge is -2.22. The Kier molecular flexibility index (Phi) is 6.62.